The van der Waals surface area contributed by atoms with Gasteiger partial charge in [-0.05, 0) is 24.6 Å². The van der Waals surface area contributed by atoms with Crippen molar-refractivity contribution in [3.05, 3.63) is 35.4 Å². The fraction of sp³-hybridized carbons (Fsp3) is 0.385. The van der Waals surface area contributed by atoms with Crippen molar-refractivity contribution in [3.63, 3.8) is 0 Å². The summed E-state index contributed by atoms with van der Waals surface area (Å²) < 4.78 is 5.30. The largest absolute Gasteiger partial charge is 0.376 e. The molecule has 2 rings (SSSR count). The maximum Gasteiger partial charge on any atom is 0.0719 e. The third kappa shape index (κ3) is 4.16. The van der Waals surface area contributed by atoms with Gasteiger partial charge in [-0.2, -0.15) is 0 Å². The summed E-state index contributed by atoms with van der Waals surface area (Å²) >= 11 is 0. The first-order chi connectivity index (χ1) is 7.38. The molecular weight excluding hydrogens is 186 g/mol. The third-order valence-corrected chi connectivity index (χ3v) is 2.17. The molecule has 0 saturated carbocycles. The molecule has 0 saturated heterocycles. The Hall–Kier alpha value is -1.30. The van der Waals surface area contributed by atoms with Crippen LogP contribution in [0.3, 0.4) is 0 Å². The maximum atomic E-state index is 5.30. The van der Waals surface area contributed by atoms with Crippen LogP contribution in [-0.4, -0.2) is 20.2 Å². The lowest BCUT2D eigenvalue weighted by Gasteiger charge is -2.14. The Kier molecular flexibility index (Phi) is 5.54. The van der Waals surface area contributed by atoms with E-state index in [1.54, 1.807) is 0 Å². The molecule has 0 aliphatic carbocycles. The molecule has 1 heterocycles. The number of benzene rings is 1. The molecule has 1 aromatic rings. The Bertz CT molecular complexity index is 303. The lowest BCUT2D eigenvalue weighted by molar-refractivity contribution is 0.111. The number of nitrogens with one attached hydrogen (secondary N) is 1. The minimum atomic E-state index is 0.667. The SMILES string of the molecule is C#CCNC.c1ccc2c(c1)CCOC2. The van der Waals surface area contributed by atoms with Crippen molar-refractivity contribution in [2.45, 2.75) is 13.0 Å². The first-order valence-corrected chi connectivity index (χ1v) is 5.11. The van der Waals surface area contributed by atoms with Gasteiger partial charge >= 0.3 is 0 Å². The summed E-state index contributed by atoms with van der Waals surface area (Å²) in [6, 6.07) is 8.46. The molecule has 1 aliphatic rings. The fourth-order valence-corrected chi connectivity index (χ4v) is 1.41. The first kappa shape index (κ1) is 11.8. The molecule has 1 N–H and O–H groups in total. The average molecular weight is 203 g/mol. The second kappa shape index (κ2) is 7.05. The van der Waals surface area contributed by atoms with Crippen LogP contribution in [0.5, 0.6) is 0 Å². The molecule has 2 heteroatoms. The van der Waals surface area contributed by atoms with Crippen LogP contribution in [0.1, 0.15) is 11.1 Å². The number of hydrogen-bond donors (Lipinski definition) is 1. The highest BCUT2D eigenvalue weighted by Crippen LogP contribution is 2.14. The van der Waals surface area contributed by atoms with Crippen molar-refractivity contribution >= 4 is 0 Å². The van der Waals surface area contributed by atoms with Crippen LogP contribution in [0.15, 0.2) is 24.3 Å². The summed E-state index contributed by atoms with van der Waals surface area (Å²) in [6.07, 6.45) is 5.91. The molecule has 0 spiro atoms. The Labute approximate surface area is 91.6 Å². The monoisotopic (exact) mass is 203 g/mol. The molecule has 0 aromatic heterocycles. The molecule has 15 heavy (non-hydrogen) atoms. The molecular formula is C13H17NO. The van der Waals surface area contributed by atoms with Crippen LogP contribution >= 0.6 is 0 Å². The summed E-state index contributed by atoms with van der Waals surface area (Å²) in [7, 11) is 1.82. The molecule has 2 nitrogen and oxygen atoms in total. The number of rotatable bonds is 1. The number of terminal acetylenes is 1. The predicted octanol–water partition coefficient (Wildman–Crippen LogP) is 1.60. The van der Waals surface area contributed by atoms with Gasteiger partial charge in [-0.1, -0.05) is 30.2 Å². The highest BCUT2D eigenvalue weighted by molar-refractivity contribution is 5.27. The van der Waals surface area contributed by atoms with E-state index in [2.05, 4.69) is 35.5 Å². The highest BCUT2D eigenvalue weighted by atomic mass is 16.5. The van der Waals surface area contributed by atoms with E-state index < -0.39 is 0 Å². The van der Waals surface area contributed by atoms with Gasteiger partial charge in [0, 0.05) is 0 Å². The molecule has 1 aliphatic heterocycles. The van der Waals surface area contributed by atoms with Crippen LogP contribution in [-0.2, 0) is 17.8 Å². The zero-order chi connectivity index (χ0) is 10.9. The van der Waals surface area contributed by atoms with E-state index in [0.717, 1.165) is 19.6 Å². The van der Waals surface area contributed by atoms with Gasteiger partial charge in [-0.15, -0.1) is 6.42 Å². The molecule has 1 aromatic carbocycles. The quantitative estimate of drug-likeness (QED) is 0.700. The van der Waals surface area contributed by atoms with Gasteiger partial charge in [-0.25, -0.2) is 0 Å². The Morgan fingerprint density at radius 3 is 2.67 bits per heavy atom. The first-order valence-electron chi connectivity index (χ1n) is 5.11. The average Bonchev–Trinajstić information content (AvgIpc) is 2.31. The van der Waals surface area contributed by atoms with E-state index in [1.165, 1.54) is 11.1 Å². The van der Waals surface area contributed by atoms with E-state index >= 15 is 0 Å². The van der Waals surface area contributed by atoms with Gasteiger partial charge in [0.15, 0.2) is 0 Å². The lowest BCUT2D eigenvalue weighted by atomic mass is 10.0. The van der Waals surface area contributed by atoms with E-state index in [1.807, 2.05) is 7.05 Å². The van der Waals surface area contributed by atoms with Gasteiger partial charge in [0.2, 0.25) is 0 Å². The molecule has 0 bridgehead atoms. The van der Waals surface area contributed by atoms with E-state index in [4.69, 9.17) is 11.2 Å². The highest BCUT2D eigenvalue weighted by Gasteiger charge is 2.06. The zero-order valence-electron chi connectivity index (χ0n) is 9.12. The second-order valence-corrected chi connectivity index (χ2v) is 3.31. The second-order valence-electron chi connectivity index (χ2n) is 3.31. The van der Waals surface area contributed by atoms with Crippen LogP contribution < -0.4 is 5.32 Å². The normalized spacial score (nSPS) is 13.1. The van der Waals surface area contributed by atoms with Crippen molar-refractivity contribution in [2.75, 3.05) is 20.2 Å². The topological polar surface area (TPSA) is 21.3 Å². The minimum Gasteiger partial charge on any atom is -0.376 e. The minimum absolute atomic E-state index is 0.667. The van der Waals surface area contributed by atoms with Gasteiger partial charge in [-0.3, -0.25) is 0 Å². The molecule has 0 unspecified atom stereocenters. The van der Waals surface area contributed by atoms with Crippen molar-refractivity contribution in [2.24, 2.45) is 0 Å². The summed E-state index contributed by atoms with van der Waals surface area (Å²) in [5.74, 6) is 2.41. The lowest BCUT2D eigenvalue weighted by Crippen LogP contribution is -2.08. The van der Waals surface area contributed by atoms with E-state index in [9.17, 15) is 0 Å². The summed E-state index contributed by atoms with van der Waals surface area (Å²) in [5, 5.41) is 2.78. The fourth-order valence-electron chi connectivity index (χ4n) is 1.41. The van der Waals surface area contributed by atoms with Gasteiger partial charge < -0.3 is 10.1 Å². The molecule has 0 amide bonds. The van der Waals surface area contributed by atoms with E-state index in [-0.39, 0.29) is 0 Å². The molecule has 0 radical (unpaired) electrons. The third-order valence-electron chi connectivity index (χ3n) is 2.17. The standard InChI is InChI=1S/C9H10O.C4H7N/c1-2-4-9-7-10-6-5-8(9)3-1;1-3-4-5-2/h1-4H,5-7H2;1,5H,4H2,2H3. The summed E-state index contributed by atoms with van der Waals surface area (Å²) in [4.78, 5) is 0. The van der Waals surface area contributed by atoms with E-state index in [0.29, 0.717) is 6.54 Å². The molecule has 0 atom stereocenters. The smallest absolute Gasteiger partial charge is 0.0719 e. The van der Waals surface area contributed by atoms with Crippen LogP contribution in [0.25, 0.3) is 0 Å². The Balaban J connectivity index is 0.000000195. The van der Waals surface area contributed by atoms with Crippen molar-refractivity contribution in [3.8, 4) is 12.3 Å². The van der Waals surface area contributed by atoms with Gasteiger partial charge in [0.25, 0.3) is 0 Å². The van der Waals surface area contributed by atoms with Crippen LogP contribution in [0, 0.1) is 12.3 Å². The number of ether oxygens (including phenoxy) is 1. The summed E-state index contributed by atoms with van der Waals surface area (Å²) in [5.41, 5.74) is 2.81. The van der Waals surface area contributed by atoms with Crippen molar-refractivity contribution in [1.29, 1.82) is 0 Å². The summed E-state index contributed by atoms with van der Waals surface area (Å²) in [6.45, 7) is 2.35. The molecule has 0 fully saturated rings. The van der Waals surface area contributed by atoms with Gasteiger partial charge in [0.05, 0.1) is 19.8 Å². The maximum absolute atomic E-state index is 5.30. The van der Waals surface area contributed by atoms with Crippen LogP contribution in [0.4, 0.5) is 0 Å². The van der Waals surface area contributed by atoms with Crippen LogP contribution in [0.2, 0.25) is 0 Å². The number of fused-ring (bicyclic) bond motifs is 1. The predicted molar refractivity (Wildman–Crippen MR) is 62.6 cm³/mol. The van der Waals surface area contributed by atoms with Gasteiger partial charge in [0.1, 0.15) is 0 Å². The van der Waals surface area contributed by atoms with Crippen molar-refractivity contribution < 1.29 is 4.74 Å². The zero-order valence-corrected chi connectivity index (χ0v) is 9.12. The molecule has 80 valence electrons. The number of hydrogen-bond acceptors (Lipinski definition) is 2. The van der Waals surface area contributed by atoms with Crippen molar-refractivity contribution in [1.82, 2.24) is 5.32 Å². The Morgan fingerprint density at radius 2 is 2.13 bits per heavy atom. The Morgan fingerprint density at radius 1 is 1.40 bits per heavy atom.